The van der Waals surface area contributed by atoms with Gasteiger partial charge in [-0.25, -0.2) is 17.6 Å². The number of hydrogen-bond acceptors (Lipinski definition) is 2. The summed E-state index contributed by atoms with van der Waals surface area (Å²) in [6, 6.07) is 6.72. The molecule has 3 rings (SSSR count). The van der Waals surface area contributed by atoms with Crippen LogP contribution in [0.2, 0.25) is 0 Å². The van der Waals surface area contributed by atoms with Gasteiger partial charge in [0.15, 0.2) is 11.6 Å². The Labute approximate surface area is 205 Å². The lowest BCUT2D eigenvalue weighted by Gasteiger charge is -2.19. The molecule has 0 aliphatic carbocycles. The molecule has 0 radical (unpaired) electrons. The number of unbranched alkanes of at least 4 members (excludes halogenated alkanes) is 1. The molecule has 0 atom stereocenters. The van der Waals surface area contributed by atoms with E-state index in [2.05, 4.69) is 21.3 Å². The Hall–Kier alpha value is -3.81. The van der Waals surface area contributed by atoms with Gasteiger partial charge in [-0.3, -0.25) is 0 Å². The van der Waals surface area contributed by atoms with Gasteiger partial charge in [0.05, 0.1) is 5.56 Å². The molecule has 0 aliphatic heterocycles. The third-order valence-corrected chi connectivity index (χ3v) is 4.91. The summed E-state index contributed by atoms with van der Waals surface area (Å²) in [7, 11) is 0. The second-order valence-corrected chi connectivity index (χ2v) is 7.75. The highest BCUT2D eigenvalue weighted by Gasteiger charge is 2.39. The van der Waals surface area contributed by atoms with E-state index in [1.807, 2.05) is 6.92 Å². The molecule has 37 heavy (non-hydrogen) atoms. The molecule has 0 amide bonds. The van der Waals surface area contributed by atoms with Gasteiger partial charge in [0.2, 0.25) is 5.75 Å². The summed E-state index contributed by atoms with van der Waals surface area (Å²) in [6.45, 7) is 2.00. The molecular formula is C26H17F9O2. The number of ether oxygens (including phenoxy) is 2. The van der Waals surface area contributed by atoms with Crippen molar-refractivity contribution in [2.45, 2.75) is 38.7 Å². The number of halogens is 9. The molecule has 3 aromatic rings. The van der Waals surface area contributed by atoms with Crippen LogP contribution in [0.1, 0.15) is 42.0 Å². The van der Waals surface area contributed by atoms with E-state index in [4.69, 9.17) is 0 Å². The van der Waals surface area contributed by atoms with Crippen LogP contribution in [0.5, 0.6) is 11.5 Å². The highest BCUT2D eigenvalue weighted by Crippen LogP contribution is 2.37. The van der Waals surface area contributed by atoms with Crippen LogP contribution < -0.4 is 9.47 Å². The molecule has 0 unspecified atom stereocenters. The van der Waals surface area contributed by atoms with Crippen molar-refractivity contribution < 1.29 is 49.0 Å². The number of rotatable bonds is 7. The largest absolute Gasteiger partial charge is 0.573 e. The molecule has 0 fully saturated rings. The zero-order valence-corrected chi connectivity index (χ0v) is 19.0. The summed E-state index contributed by atoms with van der Waals surface area (Å²) in [4.78, 5) is 0. The summed E-state index contributed by atoms with van der Waals surface area (Å²) in [5, 5.41) is 0. The van der Waals surface area contributed by atoms with E-state index in [-0.39, 0.29) is 23.3 Å². The third kappa shape index (κ3) is 7.35. The first-order valence-corrected chi connectivity index (χ1v) is 10.7. The van der Waals surface area contributed by atoms with Gasteiger partial charge in [-0.2, -0.15) is 8.78 Å². The standard InChI is InChI=1S/C26H17F9O2/c1-2-3-4-15-5-8-17(20(27)11-15)9-6-16-7-10-19(21(28)12-16)25(31,32)36-18-13-22(29)24(23(30)14-18)37-26(33,34)35/h5,7-8,10-14H,2-4H2,1H3. The fraction of sp³-hybridized carbons (Fsp3) is 0.231. The topological polar surface area (TPSA) is 18.5 Å². The Morgan fingerprint density at radius 1 is 0.730 bits per heavy atom. The van der Waals surface area contributed by atoms with E-state index >= 15 is 0 Å². The van der Waals surface area contributed by atoms with Gasteiger partial charge in [0.1, 0.15) is 22.9 Å². The molecule has 196 valence electrons. The van der Waals surface area contributed by atoms with Crippen molar-refractivity contribution in [2.24, 2.45) is 0 Å². The van der Waals surface area contributed by atoms with Crippen molar-refractivity contribution in [3.05, 3.63) is 94.1 Å². The Morgan fingerprint density at radius 3 is 1.97 bits per heavy atom. The van der Waals surface area contributed by atoms with Crippen LogP contribution >= 0.6 is 0 Å². The molecule has 0 heterocycles. The Kier molecular flexibility index (Phi) is 8.31. The van der Waals surface area contributed by atoms with Crippen molar-refractivity contribution in [1.82, 2.24) is 0 Å². The number of alkyl halides is 5. The monoisotopic (exact) mass is 532 g/mol. The molecule has 0 bridgehead atoms. The Balaban J connectivity index is 1.79. The fourth-order valence-corrected chi connectivity index (χ4v) is 3.18. The van der Waals surface area contributed by atoms with Gasteiger partial charge in [-0.15, -0.1) is 13.2 Å². The van der Waals surface area contributed by atoms with Crippen molar-refractivity contribution in [3.8, 4) is 23.3 Å². The average Bonchev–Trinajstić information content (AvgIpc) is 2.78. The summed E-state index contributed by atoms with van der Waals surface area (Å²) in [5.41, 5.74) is -0.636. The van der Waals surface area contributed by atoms with Gasteiger partial charge >= 0.3 is 12.5 Å². The molecule has 0 saturated heterocycles. The molecule has 0 aromatic heterocycles. The Bertz CT molecular complexity index is 1320. The predicted molar refractivity (Wildman–Crippen MR) is 115 cm³/mol. The maximum absolute atomic E-state index is 14.5. The molecule has 2 nitrogen and oxygen atoms in total. The van der Waals surface area contributed by atoms with E-state index < -0.39 is 52.8 Å². The maximum atomic E-state index is 14.5. The quantitative estimate of drug-likeness (QED) is 0.227. The van der Waals surface area contributed by atoms with E-state index in [0.717, 1.165) is 24.5 Å². The normalized spacial score (nSPS) is 11.6. The first kappa shape index (κ1) is 27.8. The van der Waals surface area contributed by atoms with Gasteiger partial charge in [-0.1, -0.05) is 31.3 Å². The van der Waals surface area contributed by atoms with Gasteiger partial charge in [-0.05, 0) is 48.7 Å². The highest BCUT2D eigenvalue weighted by atomic mass is 19.4. The van der Waals surface area contributed by atoms with Crippen LogP contribution in [0.4, 0.5) is 39.5 Å². The summed E-state index contributed by atoms with van der Waals surface area (Å²) >= 11 is 0. The molecule has 0 saturated carbocycles. The number of aryl methyl sites for hydroxylation is 1. The predicted octanol–water partition coefficient (Wildman–Crippen LogP) is 8.01. The lowest BCUT2D eigenvalue weighted by atomic mass is 10.1. The molecule has 11 heteroatoms. The first-order valence-electron chi connectivity index (χ1n) is 10.7. The van der Waals surface area contributed by atoms with E-state index in [1.54, 1.807) is 6.07 Å². The number of hydrogen-bond donors (Lipinski definition) is 0. The van der Waals surface area contributed by atoms with Crippen molar-refractivity contribution in [1.29, 1.82) is 0 Å². The first-order chi connectivity index (χ1) is 17.3. The van der Waals surface area contributed by atoms with Crippen molar-refractivity contribution in [3.63, 3.8) is 0 Å². The van der Waals surface area contributed by atoms with Crippen LogP contribution in [0.25, 0.3) is 0 Å². The van der Waals surface area contributed by atoms with Crippen molar-refractivity contribution in [2.75, 3.05) is 0 Å². The van der Waals surface area contributed by atoms with Crippen LogP contribution in [-0.2, 0) is 12.5 Å². The van der Waals surface area contributed by atoms with Crippen LogP contribution in [0.3, 0.4) is 0 Å². The second-order valence-electron chi connectivity index (χ2n) is 7.75. The van der Waals surface area contributed by atoms with Gasteiger partial charge in [0, 0.05) is 17.7 Å². The molecule has 0 aliphatic rings. The second kappa shape index (κ2) is 11.1. The van der Waals surface area contributed by atoms with E-state index in [9.17, 15) is 39.5 Å². The minimum absolute atomic E-state index is 0.0143. The molecular weight excluding hydrogens is 515 g/mol. The molecule has 0 spiro atoms. The highest BCUT2D eigenvalue weighted by molar-refractivity contribution is 5.45. The zero-order chi connectivity index (χ0) is 27.4. The van der Waals surface area contributed by atoms with E-state index in [1.165, 1.54) is 12.1 Å². The molecule has 3 aromatic carbocycles. The van der Waals surface area contributed by atoms with E-state index in [0.29, 0.717) is 18.6 Å². The minimum atomic E-state index is -5.44. The lowest BCUT2D eigenvalue weighted by molar-refractivity contribution is -0.276. The summed E-state index contributed by atoms with van der Waals surface area (Å²) < 4.78 is 129. The Morgan fingerprint density at radius 2 is 1.41 bits per heavy atom. The average molecular weight is 532 g/mol. The van der Waals surface area contributed by atoms with Gasteiger partial charge in [0.25, 0.3) is 0 Å². The van der Waals surface area contributed by atoms with Gasteiger partial charge < -0.3 is 9.47 Å². The fourth-order valence-electron chi connectivity index (χ4n) is 3.18. The lowest BCUT2D eigenvalue weighted by Crippen LogP contribution is -2.24. The van der Waals surface area contributed by atoms with Crippen LogP contribution in [0, 0.1) is 35.1 Å². The zero-order valence-electron chi connectivity index (χ0n) is 19.0. The maximum Gasteiger partial charge on any atom is 0.573 e. The van der Waals surface area contributed by atoms with Crippen LogP contribution in [0.15, 0.2) is 48.5 Å². The molecule has 0 N–H and O–H groups in total. The minimum Gasteiger partial charge on any atom is -0.429 e. The number of benzene rings is 3. The summed E-state index contributed by atoms with van der Waals surface area (Å²) in [5.74, 6) is -4.21. The SMILES string of the molecule is CCCCc1ccc(C#Cc2ccc(C(F)(F)Oc3cc(F)c(OC(F)(F)F)c(F)c3)c(F)c2)c(F)c1. The smallest absolute Gasteiger partial charge is 0.429 e. The summed E-state index contributed by atoms with van der Waals surface area (Å²) in [6.07, 6.45) is -7.42. The van der Waals surface area contributed by atoms with Crippen LogP contribution in [-0.4, -0.2) is 6.36 Å². The third-order valence-electron chi connectivity index (χ3n) is 4.91. The van der Waals surface area contributed by atoms with Crippen molar-refractivity contribution >= 4 is 0 Å².